The molecule has 2 aromatic rings. The first-order chi connectivity index (χ1) is 12.5. The average molecular weight is 353 g/mol. The molecule has 0 saturated carbocycles. The van der Waals surface area contributed by atoms with E-state index in [0.29, 0.717) is 5.75 Å². The Hall–Kier alpha value is -2.04. The SMILES string of the molecule is CC(c1ccccc1)C1(O)CCN(CC2Cc3cc(O)ccc3O2)CC1. The maximum absolute atomic E-state index is 11.2. The van der Waals surface area contributed by atoms with Crippen molar-refractivity contribution in [3.63, 3.8) is 0 Å². The molecule has 4 rings (SSSR count). The molecule has 2 aliphatic heterocycles. The molecule has 2 aromatic carbocycles. The minimum atomic E-state index is -0.636. The zero-order valence-electron chi connectivity index (χ0n) is 15.3. The van der Waals surface area contributed by atoms with Crippen molar-refractivity contribution < 1.29 is 14.9 Å². The first-order valence-corrected chi connectivity index (χ1v) is 9.52. The highest BCUT2D eigenvalue weighted by molar-refractivity contribution is 5.42. The third-order valence-electron chi connectivity index (χ3n) is 6.07. The summed E-state index contributed by atoms with van der Waals surface area (Å²) in [6.07, 6.45) is 2.53. The molecule has 0 bridgehead atoms. The van der Waals surface area contributed by atoms with E-state index in [0.717, 1.165) is 50.2 Å². The molecule has 0 spiro atoms. The maximum Gasteiger partial charge on any atom is 0.123 e. The molecule has 0 aromatic heterocycles. The fraction of sp³-hybridized carbons (Fsp3) is 0.455. The van der Waals surface area contributed by atoms with Crippen LogP contribution >= 0.6 is 0 Å². The lowest BCUT2D eigenvalue weighted by atomic mass is 9.77. The Balaban J connectivity index is 1.33. The van der Waals surface area contributed by atoms with E-state index in [9.17, 15) is 10.2 Å². The number of phenolic OH excluding ortho intramolecular Hbond substituents is 1. The summed E-state index contributed by atoms with van der Waals surface area (Å²) >= 11 is 0. The molecule has 2 atom stereocenters. The van der Waals surface area contributed by atoms with Gasteiger partial charge in [-0.3, -0.25) is 4.90 Å². The molecule has 1 saturated heterocycles. The number of rotatable bonds is 4. The van der Waals surface area contributed by atoms with Crippen LogP contribution in [0.2, 0.25) is 0 Å². The van der Waals surface area contributed by atoms with E-state index >= 15 is 0 Å². The average Bonchev–Trinajstić information content (AvgIpc) is 3.05. The number of hydrogen-bond donors (Lipinski definition) is 2. The van der Waals surface area contributed by atoms with Crippen molar-refractivity contribution in [2.75, 3.05) is 19.6 Å². The summed E-state index contributed by atoms with van der Waals surface area (Å²) in [5, 5.41) is 20.8. The van der Waals surface area contributed by atoms with Gasteiger partial charge in [0.05, 0.1) is 5.60 Å². The number of phenols is 1. The van der Waals surface area contributed by atoms with Crippen molar-refractivity contribution in [3.8, 4) is 11.5 Å². The van der Waals surface area contributed by atoms with E-state index in [-0.39, 0.29) is 12.0 Å². The molecular weight excluding hydrogens is 326 g/mol. The van der Waals surface area contributed by atoms with Gasteiger partial charge in [-0.1, -0.05) is 37.3 Å². The third-order valence-corrected chi connectivity index (χ3v) is 6.07. The number of likely N-dealkylation sites (tertiary alicyclic amines) is 1. The summed E-state index contributed by atoms with van der Waals surface area (Å²) in [5.74, 6) is 1.32. The summed E-state index contributed by atoms with van der Waals surface area (Å²) in [5.41, 5.74) is 1.66. The molecule has 2 N–H and O–H groups in total. The Morgan fingerprint density at radius 3 is 2.62 bits per heavy atom. The second-order valence-corrected chi connectivity index (χ2v) is 7.77. The molecule has 4 heteroatoms. The zero-order valence-corrected chi connectivity index (χ0v) is 15.3. The van der Waals surface area contributed by atoms with Crippen molar-refractivity contribution in [1.82, 2.24) is 4.90 Å². The number of nitrogens with zero attached hydrogens (tertiary/aromatic N) is 1. The summed E-state index contributed by atoms with van der Waals surface area (Å²) in [4.78, 5) is 2.39. The van der Waals surface area contributed by atoms with Gasteiger partial charge < -0.3 is 14.9 Å². The summed E-state index contributed by atoms with van der Waals surface area (Å²) in [6, 6.07) is 15.6. The summed E-state index contributed by atoms with van der Waals surface area (Å²) in [6.45, 7) is 4.77. The van der Waals surface area contributed by atoms with Crippen LogP contribution in [-0.2, 0) is 6.42 Å². The Labute approximate surface area is 155 Å². The van der Waals surface area contributed by atoms with E-state index in [2.05, 4.69) is 24.0 Å². The highest BCUT2D eigenvalue weighted by atomic mass is 16.5. The van der Waals surface area contributed by atoms with Crippen molar-refractivity contribution in [2.45, 2.75) is 43.8 Å². The van der Waals surface area contributed by atoms with E-state index in [4.69, 9.17) is 4.74 Å². The molecular formula is C22H27NO3. The number of benzene rings is 2. The minimum absolute atomic E-state index is 0.129. The fourth-order valence-electron chi connectivity index (χ4n) is 4.30. The molecule has 0 radical (unpaired) electrons. The Kier molecular flexibility index (Phi) is 4.63. The molecule has 2 aliphatic rings. The molecule has 2 heterocycles. The number of ether oxygens (including phenoxy) is 1. The van der Waals surface area contributed by atoms with E-state index in [1.807, 2.05) is 24.3 Å². The van der Waals surface area contributed by atoms with E-state index < -0.39 is 5.60 Å². The number of fused-ring (bicyclic) bond motifs is 1. The predicted molar refractivity (Wildman–Crippen MR) is 102 cm³/mol. The van der Waals surface area contributed by atoms with Crippen LogP contribution in [0.1, 0.15) is 36.8 Å². The molecule has 0 aliphatic carbocycles. The van der Waals surface area contributed by atoms with Crippen molar-refractivity contribution in [1.29, 1.82) is 0 Å². The quantitative estimate of drug-likeness (QED) is 0.885. The van der Waals surface area contributed by atoms with Crippen LogP contribution in [0.3, 0.4) is 0 Å². The summed E-state index contributed by atoms with van der Waals surface area (Å²) < 4.78 is 6.02. The van der Waals surface area contributed by atoms with Crippen LogP contribution in [0.5, 0.6) is 11.5 Å². The van der Waals surface area contributed by atoms with Gasteiger partial charge in [-0.2, -0.15) is 0 Å². The fourth-order valence-corrected chi connectivity index (χ4v) is 4.30. The van der Waals surface area contributed by atoms with Gasteiger partial charge in [0.2, 0.25) is 0 Å². The van der Waals surface area contributed by atoms with E-state index in [1.165, 1.54) is 5.56 Å². The third kappa shape index (κ3) is 3.44. The van der Waals surface area contributed by atoms with Crippen LogP contribution in [0.15, 0.2) is 48.5 Å². The maximum atomic E-state index is 11.2. The normalized spacial score (nSPS) is 23.2. The lowest BCUT2D eigenvalue weighted by Crippen LogP contribution is -2.49. The first kappa shape index (κ1) is 17.4. The lowest BCUT2D eigenvalue weighted by Gasteiger charge is -2.42. The van der Waals surface area contributed by atoms with Gasteiger partial charge in [0, 0.05) is 37.5 Å². The number of aliphatic hydroxyl groups is 1. The molecule has 1 fully saturated rings. The van der Waals surface area contributed by atoms with Crippen LogP contribution in [0.25, 0.3) is 0 Å². The number of hydrogen-bond acceptors (Lipinski definition) is 4. The van der Waals surface area contributed by atoms with Crippen molar-refractivity contribution in [2.24, 2.45) is 0 Å². The van der Waals surface area contributed by atoms with Crippen LogP contribution < -0.4 is 4.74 Å². The van der Waals surface area contributed by atoms with Crippen LogP contribution in [0, 0.1) is 0 Å². The highest BCUT2D eigenvalue weighted by Gasteiger charge is 2.38. The van der Waals surface area contributed by atoms with Gasteiger partial charge >= 0.3 is 0 Å². The largest absolute Gasteiger partial charge is 0.508 e. The predicted octanol–water partition coefficient (Wildman–Crippen LogP) is 3.33. The molecule has 2 unspecified atom stereocenters. The van der Waals surface area contributed by atoms with Crippen molar-refractivity contribution >= 4 is 0 Å². The Morgan fingerprint density at radius 1 is 1.15 bits per heavy atom. The highest BCUT2D eigenvalue weighted by Crippen LogP contribution is 2.37. The number of aromatic hydroxyl groups is 1. The lowest BCUT2D eigenvalue weighted by molar-refractivity contribution is -0.0435. The molecule has 4 nitrogen and oxygen atoms in total. The molecule has 26 heavy (non-hydrogen) atoms. The summed E-state index contributed by atoms with van der Waals surface area (Å²) in [7, 11) is 0. The van der Waals surface area contributed by atoms with Gasteiger partial charge in [-0.15, -0.1) is 0 Å². The second kappa shape index (κ2) is 6.93. The van der Waals surface area contributed by atoms with Gasteiger partial charge in [0.25, 0.3) is 0 Å². The van der Waals surface area contributed by atoms with Gasteiger partial charge in [0.1, 0.15) is 17.6 Å². The first-order valence-electron chi connectivity index (χ1n) is 9.52. The Morgan fingerprint density at radius 2 is 1.88 bits per heavy atom. The van der Waals surface area contributed by atoms with Gasteiger partial charge in [-0.05, 0) is 36.6 Å². The standard InChI is InChI=1S/C22H27NO3/c1-16(17-5-3-2-4-6-17)22(25)9-11-23(12-10-22)15-20-14-18-13-19(24)7-8-21(18)26-20/h2-8,13,16,20,24-25H,9-12,14-15H2,1H3. The van der Waals surface area contributed by atoms with Crippen LogP contribution in [0.4, 0.5) is 0 Å². The van der Waals surface area contributed by atoms with Crippen LogP contribution in [-0.4, -0.2) is 46.5 Å². The number of piperidine rings is 1. The molecule has 0 amide bonds. The zero-order chi connectivity index (χ0) is 18.1. The second-order valence-electron chi connectivity index (χ2n) is 7.77. The van der Waals surface area contributed by atoms with Crippen molar-refractivity contribution in [3.05, 3.63) is 59.7 Å². The smallest absolute Gasteiger partial charge is 0.123 e. The Bertz CT molecular complexity index is 753. The van der Waals surface area contributed by atoms with Gasteiger partial charge in [0.15, 0.2) is 0 Å². The van der Waals surface area contributed by atoms with E-state index in [1.54, 1.807) is 12.1 Å². The molecule has 138 valence electrons. The minimum Gasteiger partial charge on any atom is -0.508 e. The topological polar surface area (TPSA) is 52.9 Å². The monoisotopic (exact) mass is 353 g/mol. The van der Waals surface area contributed by atoms with Gasteiger partial charge in [-0.25, -0.2) is 0 Å².